The fraction of sp³-hybridized carbons (Fsp3) is 0.400. The predicted molar refractivity (Wildman–Crippen MR) is 79.7 cm³/mol. The lowest BCUT2D eigenvalue weighted by atomic mass is 10.2. The van der Waals surface area contributed by atoms with E-state index in [9.17, 15) is 27.6 Å². The second kappa shape index (κ2) is 8.90. The van der Waals surface area contributed by atoms with Crippen LogP contribution in [0.2, 0.25) is 0 Å². The monoisotopic (exact) mass is 362 g/mol. The van der Waals surface area contributed by atoms with Gasteiger partial charge in [-0.05, 0) is 38.1 Å². The van der Waals surface area contributed by atoms with E-state index in [0.717, 1.165) is 24.3 Å². The maximum atomic E-state index is 12.0. The van der Waals surface area contributed by atoms with Gasteiger partial charge in [0.15, 0.2) is 6.61 Å². The molecule has 0 radical (unpaired) electrons. The van der Waals surface area contributed by atoms with E-state index in [4.69, 9.17) is 4.74 Å². The van der Waals surface area contributed by atoms with Crippen molar-refractivity contribution in [2.45, 2.75) is 26.3 Å². The van der Waals surface area contributed by atoms with Crippen molar-refractivity contribution >= 4 is 17.8 Å². The minimum absolute atomic E-state index is 0.0557. The number of hydrogen-bond acceptors (Lipinski definition) is 5. The van der Waals surface area contributed by atoms with E-state index >= 15 is 0 Å². The highest BCUT2D eigenvalue weighted by Crippen LogP contribution is 2.22. The van der Waals surface area contributed by atoms with Crippen molar-refractivity contribution < 1.29 is 37.0 Å². The van der Waals surface area contributed by atoms with E-state index in [1.165, 1.54) is 0 Å². The molecule has 1 aromatic carbocycles. The largest absolute Gasteiger partial charge is 0.573 e. The van der Waals surface area contributed by atoms with Crippen LogP contribution >= 0.6 is 0 Å². The van der Waals surface area contributed by atoms with Crippen LogP contribution in [0.3, 0.4) is 0 Å². The Morgan fingerprint density at radius 3 is 2.20 bits per heavy atom. The van der Waals surface area contributed by atoms with Crippen LogP contribution in [0.5, 0.6) is 5.75 Å². The number of esters is 1. The highest BCUT2D eigenvalue weighted by atomic mass is 19.4. The maximum Gasteiger partial charge on any atom is 0.573 e. The molecule has 0 heterocycles. The number of carbonyl (C=O) groups is 3. The van der Waals surface area contributed by atoms with E-state index in [1.807, 2.05) is 0 Å². The summed E-state index contributed by atoms with van der Waals surface area (Å²) >= 11 is 0. The second-order valence-electron chi connectivity index (χ2n) is 5.15. The Balaban J connectivity index is 2.41. The summed E-state index contributed by atoms with van der Waals surface area (Å²) in [6.45, 7) is 2.62. The van der Waals surface area contributed by atoms with Crippen LogP contribution in [-0.2, 0) is 14.3 Å². The van der Waals surface area contributed by atoms with Crippen LogP contribution in [0.1, 0.15) is 24.2 Å². The zero-order chi connectivity index (χ0) is 19.0. The maximum absolute atomic E-state index is 12.0. The standard InChI is InChI=1S/C15H17F3N2O5/c1-9(2)20-12(21)7-19-13(22)8-24-14(23)10-3-5-11(6-4-10)25-15(16,17)18/h3-6,9H,7-8H2,1-2H3,(H,19,22)(H,20,21). The number of amides is 2. The molecule has 1 aromatic rings. The van der Waals surface area contributed by atoms with Gasteiger partial charge >= 0.3 is 12.3 Å². The van der Waals surface area contributed by atoms with Gasteiger partial charge in [0.1, 0.15) is 5.75 Å². The van der Waals surface area contributed by atoms with E-state index in [0.29, 0.717) is 0 Å². The highest BCUT2D eigenvalue weighted by Gasteiger charge is 2.31. The number of benzene rings is 1. The fourth-order valence-corrected chi connectivity index (χ4v) is 1.61. The van der Waals surface area contributed by atoms with Crippen molar-refractivity contribution in [1.82, 2.24) is 10.6 Å². The summed E-state index contributed by atoms with van der Waals surface area (Å²) in [5.41, 5.74) is -0.0557. The van der Waals surface area contributed by atoms with Crippen molar-refractivity contribution in [3.63, 3.8) is 0 Å². The third kappa shape index (κ3) is 8.58. The first-order valence-electron chi connectivity index (χ1n) is 7.16. The van der Waals surface area contributed by atoms with Crippen LogP contribution in [0.4, 0.5) is 13.2 Å². The lowest BCUT2D eigenvalue weighted by Crippen LogP contribution is -2.41. The summed E-state index contributed by atoms with van der Waals surface area (Å²) in [6, 6.07) is 3.95. The van der Waals surface area contributed by atoms with Crippen molar-refractivity contribution in [2.75, 3.05) is 13.2 Å². The summed E-state index contributed by atoms with van der Waals surface area (Å²) < 4.78 is 44.4. The third-order valence-corrected chi connectivity index (χ3v) is 2.55. The molecule has 0 aliphatic rings. The summed E-state index contributed by atoms with van der Waals surface area (Å²) in [5, 5.41) is 4.81. The minimum atomic E-state index is -4.83. The number of nitrogens with one attached hydrogen (secondary N) is 2. The first-order valence-corrected chi connectivity index (χ1v) is 7.16. The number of rotatable bonds is 7. The molecule has 0 aliphatic carbocycles. The smallest absolute Gasteiger partial charge is 0.452 e. The van der Waals surface area contributed by atoms with Gasteiger partial charge in [0, 0.05) is 6.04 Å². The van der Waals surface area contributed by atoms with E-state index < -0.39 is 36.5 Å². The third-order valence-electron chi connectivity index (χ3n) is 2.55. The predicted octanol–water partition coefficient (Wildman–Crippen LogP) is 1.38. The number of halogens is 3. The van der Waals surface area contributed by atoms with Crippen LogP contribution in [-0.4, -0.2) is 43.3 Å². The Labute approximate surface area is 141 Å². The number of hydrogen-bond donors (Lipinski definition) is 2. The van der Waals surface area contributed by atoms with Crippen molar-refractivity contribution in [3.8, 4) is 5.75 Å². The molecule has 7 nitrogen and oxygen atoms in total. The first kappa shape index (κ1) is 20.3. The number of ether oxygens (including phenoxy) is 2. The molecule has 0 saturated carbocycles. The Morgan fingerprint density at radius 2 is 1.68 bits per heavy atom. The van der Waals surface area contributed by atoms with E-state index in [-0.39, 0.29) is 18.2 Å². The molecule has 138 valence electrons. The van der Waals surface area contributed by atoms with Crippen molar-refractivity contribution in [3.05, 3.63) is 29.8 Å². The molecular weight excluding hydrogens is 345 g/mol. The summed E-state index contributed by atoms with van der Waals surface area (Å²) in [4.78, 5) is 34.5. The normalized spacial score (nSPS) is 11.0. The van der Waals surface area contributed by atoms with Gasteiger partial charge in [-0.3, -0.25) is 9.59 Å². The topological polar surface area (TPSA) is 93.7 Å². The molecule has 25 heavy (non-hydrogen) atoms. The summed E-state index contributed by atoms with van der Waals surface area (Å²) in [6.07, 6.45) is -4.83. The average Bonchev–Trinajstić information content (AvgIpc) is 2.49. The Bertz CT molecular complexity index is 615. The molecule has 1 rings (SSSR count). The second-order valence-corrected chi connectivity index (χ2v) is 5.15. The van der Waals surface area contributed by atoms with Crippen molar-refractivity contribution in [2.24, 2.45) is 0 Å². The zero-order valence-electron chi connectivity index (χ0n) is 13.5. The minimum Gasteiger partial charge on any atom is -0.452 e. The van der Waals surface area contributed by atoms with Crippen LogP contribution in [0.15, 0.2) is 24.3 Å². The van der Waals surface area contributed by atoms with Gasteiger partial charge in [-0.1, -0.05) is 0 Å². The lowest BCUT2D eigenvalue weighted by Gasteiger charge is -2.10. The molecule has 0 aliphatic heterocycles. The molecule has 2 amide bonds. The summed E-state index contributed by atoms with van der Waals surface area (Å²) in [7, 11) is 0. The van der Waals surface area contributed by atoms with Gasteiger partial charge in [-0.25, -0.2) is 4.79 Å². The highest BCUT2D eigenvalue weighted by molar-refractivity contribution is 5.92. The van der Waals surface area contributed by atoms with Gasteiger partial charge in [0.05, 0.1) is 12.1 Å². The molecular formula is C15H17F3N2O5. The molecule has 0 spiro atoms. The van der Waals surface area contributed by atoms with E-state index in [1.54, 1.807) is 13.8 Å². The average molecular weight is 362 g/mol. The quantitative estimate of drug-likeness (QED) is 0.715. The Hall–Kier alpha value is -2.78. The van der Waals surface area contributed by atoms with Crippen molar-refractivity contribution in [1.29, 1.82) is 0 Å². The van der Waals surface area contributed by atoms with Gasteiger partial charge in [0.2, 0.25) is 5.91 Å². The molecule has 0 fully saturated rings. The molecule has 0 aromatic heterocycles. The Morgan fingerprint density at radius 1 is 1.08 bits per heavy atom. The molecule has 2 N–H and O–H groups in total. The Kier molecular flexibility index (Phi) is 7.22. The van der Waals surface area contributed by atoms with Gasteiger partial charge in [-0.15, -0.1) is 13.2 Å². The van der Waals surface area contributed by atoms with Crippen LogP contribution < -0.4 is 15.4 Å². The SMILES string of the molecule is CC(C)NC(=O)CNC(=O)COC(=O)c1ccc(OC(F)(F)F)cc1. The molecule has 0 bridgehead atoms. The zero-order valence-corrected chi connectivity index (χ0v) is 13.5. The number of alkyl halides is 3. The van der Waals surface area contributed by atoms with Crippen LogP contribution in [0.25, 0.3) is 0 Å². The first-order chi connectivity index (χ1) is 11.6. The number of carbonyl (C=O) groups excluding carboxylic acids is 3. The van der Waals surface area contributed by atoms with Gasteiger partial charge in [0.25, 0.3) is 5.91 Å². The van der Waals surface area contributed by atoms with E-state index in [2.05, 4.69) is 15.4 Å². The fourth-order valence-electron chi connectivity index (χ4n) is 1.61. The summed E-state index contributed by atoms with van der Waals surface area (Å²) in [5.74, 6) is -2.47. The molecule has 0 unspecified atom stereocenters. The van der Waals surface area contributed by atoms with Gasteiger partial charge in [-0.2, -0.15) is 0 Å². The van der Waals surface area contributed by atoms with Crippen LogP contribution in [0, 0.1) is 0 Å². The lowest BCUT2D eigenvalue weighted by molar-refractivity contribution is -0.274. The van der Waals surface area contributed by atoms with Gasteiger partial charge < -0.3 is 20.1 Å². The molecule has 0 saturated heterocycles. The molecule has 10 heteroatoms. The molecule has 0 atom stereocenters.